The predicted molar refractivity (Wildman–Crippen MR) is 53.2 cm³/mol. The Kier molecular flexibility index (Phi) is 6.42. The zero-order valence-corrected chi connectivity index (χ0v) is 9.17. The number of hydrogen-bond acceptors (Lipinski definition) is 5. The maximum Gasteiger partial charge on any atom is 0.217 e. The summed E-state index contributed by atoms with van der Waals surface area (Å²) in [6, 6.07) is -0.610. The lowest BCUT2D eigenvalue weighted by molar-refractivity contribution is -0.124. The van der Waals surface area contributed by atoms with E-state index in [2.05, 4.69) is 5.32 Å². The van der Waals surface area contributed by atoms with E-state index in [0.717, 1.165) is 0 Å². The summed E-state index contributed by atoms with van der Waals surface area (Å²) < 4.78 is 4.76. The fraction of sp³-hybridized carbons (Fsp3) is 0.889. The van der Waals surface area contributed by atoms with Gasteiger partial charge in [0.15, 0.2) is 0 Å². The molecule has 90 valence electrons. The first-order valence-corrected chi connectivity index (χ1v) is 4.70. The number of aliphatic hydroxyl groups is 3. The summed E-state index contributed by atoms with van der Waals surface area (Å²) in [6.07, 6.45) is -3.30. The van der Waals surface area contributed by atoms with Gasteiger partial charge in [0.05, 0.1) is 12.6 Å². The summed E-state index contributed by atoms with van der Waals surface area (Å²) in [7, 11) is 1.32. The van der Waals surface area contributed by atoms with Crippen LogP contribution in [-0.4, -0.2) is 59.3 Å². The van der Waals surface area contributed by atoms with Gasteiger partial charge >= 0.3 is 0 Å². The van der Waals surface area contributed by atoms with Crippen molar-refractivity contribution < 1.29 is 24.9 Å². The Hall–Kier alpha value is -0.690. The molecule has 4 atom stereocenters. The number of carbonyl (C=O) groups excluding carboxylic acids is 1. The lowest BCUT2D eigenvalue weighted by Gasteiger charge is -2.28. The average molecular weight is 221 g/mol. The minimum absolute atomic E-state index is 0.299. The molecular weight excluding hydrogens is 202 g/mol. The molecule has 0 aliphatic heterocycles. The molecule has 0 bridgehead atoms. The molecule has 6 heteroatoms. The highest BCUT2D eigenvalue weighted by molar-refractivity contribution is 5.73. The molecule has 4 N–H and O–H groups in total. The normalized spacial score (nSPS) is 19.1. The second-order valence-corrected chi connectivity index (χ2v) is 3.43. The van der Waals surface area contributed by atoms with E-state index in [0.29, 0.717) is 0 Å². The van der Waals surface area contributed by atoms with Crippen molar-refractivity contribution in [2.24, 2.45) is 0 Å². The standard InChI is InChI=1S/C9H19NO5/c1-5(10-6(2)12)8(13)9(14)7(4-11)15-3/h5,7-9,11,13-14H,4H2,1-3H3,(H,10,12)/t5-,7+,8+,9-/m0/s1. The van der Waals surface area contributed by atoms with Crippen LogP contribution in [0.4, 0.5) is 0 Å². The van der Waals surface area contributed by atoms with Crippen LogP contribution in [0.5, 0.6) is 0 Å². The second-order valence-electron chi connectivity index (χ2n) is 3.43. The molecule has 0 aromatic heterocycles. The van der Waals surface area contributed by atoms with Crippen molar-refractivity contribution in [1.29, 1.82) is 0 Å². The summed E-state index contributed by atoms with van der Waals surface area (Å²) in [6.45, 7) is 2.47. The fourth-order valence-corrected chi connectivity index (χ4v) is 1.24. The predicted octanol–water partition coefficient (Wildman–Crippen LogP) is -1.76. The molecule has 0 aromatic carbocycles. The number of aliphatic hydroxyl groups excluding tert-OH is 3. The van der Waals surface area contributed by atoms with E-state index in [-0.39, 0.29) is 5.91 Å². The second kappa shape index (κ2) is 6.73. The molecule has 0 aliphatic rings. The van der Waals surface area contributed by atoms with Gasteiger partial charge in [-0.15, -0.1) is 0 Å². The molecule has 0 heterocycles. The van der Waals surface area contributed by atoms with Gasteiger partial charge in [0.2, 0.25) is 5.91 Å². The Morgan fingerprint density at radius 1 is 1.40 bits per heavy atom. The van der Waals surface area contributed by atoms with Gasteiger partial charge in [0.25, 0.3) is 0 Å². The molecule has 0 fully saturated rings. The van der Waals surface area contributed by atoms with Crippen LogP contribution in [0.1, 0.15) is 13.8 Å². The Bertz CT molecular complexity index is 195. The third-order valence-corrected chi connectivity index (χ3v) is 2.16. The molecule has 0 radical (unpaired) electrons. The largest absolute Gasteiger partial charge is 0.394 e. The van der Waals surface area contributed by atoms with Gasteiger partial charge in [-0.05, 0) is 6.92 Å². The molecule has 0 spiro atoms. The highest BCUT2D eigenvalue weighted by atomic mass is 16.5. The van der Waals surface area contributed by atoms with Gasteiger partial charge in [0.1, 0.15) is 18.3 Å². The smallest absolute Gasteiger partial charge is 0.217 e. The maximum atomic E-state index is 10.7. The Balaban J connectivity index is 4.28. The van der Waals surface area contributed by atoms with Gasteiger partial charge in [0, 0.05) is 14.0 Å². The Morgan fingerprint density at radius 3 is 2.27 bits per heavy atom. The van der Waals surface area contributed by atoms with Gasteiger partial charge in [-0.3, -0.25) is 4.79 Å². The lowest BCUT2D eigenvalue weighted by Crippen LogP contribution is -2.51. The number of hydrogen-bond donors (Lipinski definition) is 4. The van der Waals surface area contributed by atoms with Gasteiger partial charge in [-0.1, -0.05) is 0 Å². The SMILES string of the molecule is CO[C@H](CO)[C@H](O)[C@H](O)[C@H](C)NC(C)=O. The molecule has 0 unspecified atom stereocenters. The summed E-state index contributed by atoms with van der Waals surface area (Å²) in [5, 5.41) is 30.5. The highest BCUT2D eigenvalue weighted by Crippen LogP contribution is 2.07. The monoisotopic (exact) mass is 221 g/mol. The van der Waals surface area contributed by atoms with Crippen LogP contribution in [0.2, 0.25) is 0 Å². The molecule has 0 saturated carbocycles. The van der Waals surface area contributed by atoms with Crippen molar-refractivity contribution in [2.75, 3.05) is 13.7 Å². The zero-order chi connectivity index (χ0) is 12.0. The summed E-state index contributed by atoms with van der Waals surface area (Å²) in [5.41, 5.74) is 0. The zero-order valence-electron chi connectivity index (χ0n) is 9.17. The van der Waals surface area contributed by atoms with Gasteiger partial charge in [-0.2, -0.15) is 0 Å². The van der Waals surface area contributed by atoms with Crippen LogP contribution < -0.4 is 5.32 Å². The first-order chi connectivity index (χ1) is 6.93. The van der Waals surface area contributed by atoms with Crippen molar-refractivity contribution in [3.63, 3.8) is 0 Å². The molecule has 15 heavy (non-hydrogen) atoms. The minimum Gasteiger partial charge on any atom is -0.394 e. The first kappa shape index (κ1) is 14.3. The van der Waals surface area contributed by atoms with Crippen LogP contribution in [0.25, 0.3) is 0 Å². The molecule has 0 saturated heterocycles. The summed E-state index contributed by atoms with van der Waals surface area (Å²) in [5.74, 6) is -0.299. The van der Waals surface area contributed by atoms with Crippen molar-refractivity contribution >= 4 is 5.91 Å². The molecule has 6 nitrogen and oxygen atoms in total. The van der Waals surface area contributed by atoms with Crippen LogP contribution in [0.3, 0.4) is 0 Å². The number of carbonyl (C=O) groups is 1. The van der Waals surface area contributed by atoms with E-state index >= 15 is 0 Å². The van der Waals surface area contributed by atoms with Crippen LogP contribution in [0, 0.1) is 0 Å². The van der Waals surface area contributed by atoms with Gasteiger partial charge < -0.3 is 25.4 Å². The maximum absolute atomic E-state index is 10.7. The summed E-state index contributed by atoms with van der Waals surface area (Å²) in [4.78, 5) is 10.7. The first-order valence-electron chi connectivity index (χ1n) is 4.70. The van der Waals surface area contributed by atoms with E-state index in [1.165, 1.54) is 14.0 Å². The molecular formula is C9H19NO5. The average Bonchev–Trinajstić information content (AvgIpc) is 2.17. The van der Waals surface area contributed by atoms with E-state index in [1.807, 2.05) is 0 Å². The fourth-order valence-electron chi connectivity index (χ4n) is 1.24. The number of methoxy groups -OCH3 is 1. The molecule has 0 aliphatic carbocycles. The van der Waals surface area contributed by atoms with Gasteiger partial charge in [-0.25, -0.2) is 0 Å². The Labute approximate surface area is 88.9 Å². The number of rotatable bonds is 6. The lowest BCUT2D eigenvalue weighted by atomic mass is 10.0. The van der Waals surface area contributed by atoms with Crippen molar-refractivity contribution in [2.45, 2.75) is 38.2 Å². The Morgan fingerprint density at radius 2 is 1.93 bits per heavy atom. The van der Waals surface area contributed by atoms with Crippen molar-refractivity contribution in [3.05, 3.63) is 0 Å². The third-order valence-electron chi connectivity index (χ3n) is 2.16. The van der Waals surface area contributed by atoms with E-state index < -0.39 is 31.0 Å². The molecule has 0 rings (SSSR count). The number of nitrogens with one attached hydrogen (secondary N) is 1. The van der Waals surface area contributed by atoms with Crippen molar-refractivity contribution in [3.8, 4) is 0 Å². The minimum atomic E-state index is -1.25. The van der Waals surface area contributed by atoms with Crippen molar-refractivity contribution in [1.82, 2.24) is 5.32 Å². The quantitative estimate of drug-likeness (QED) is 0.426. The highest BCUT2D eigenvalue weighted by Gasteiger charge is 2.30. The summed E-state index contributed by atoms with van der Waals surface area (Å²) >= 11 is 0. The van der Waals surface area contributed by atoms with E-state index in [1.54, 1.807) is 6.92 Å². The van der Waals surface area contributed by atoms with E-state index in [9.17, 15) is 15.0 Å². The molecule has 0 aromatic rings. The number of ether oxygens (including phenoxy) is 1. The van der Waals surface area contributed by atoms with E-state index in [4.69, 9.17) is 9.84 Å². The van der Waals surface area contributed by atoms with Crippen LogP contribution >= 0.6 is 0 Å². The third kappa shape index (κ3) is 4.57. The van der Waals surface area contributed by atoms with Crippen LogP contribution in [-0.2, 0) is 9.53 Å². The van der Waals surface area contributed by atoms with Crippen LogP contribution in [0.15, 0.2) is 0 Å². The topological polar surface area (TPSA) is 99.0 Å². The number of amides is 1. The molecule has 1 amide bonds.